The Morgan fingerprint density at radius 1 is 1.40 bits per heavy atom. The molecule has 1 fully saturated rings. The van der Waals surface area contributed by atoms with Crippen LogP contribution in [0.4, 0.5) is 0 Å². The minimum absolute atomic E-state index is 0.123. The number of aromatic nitrogens is 3. The summed E-state index contributed by atoms with van der Waals surface area (Å²) in [5.74, 6) is 0.635. The van der Waals surface area contributed by atoms with Gasteiger partial charge in [0.2, 0.25) is 0 Å². The third-order valence-corrected chi connectivity index (χ3v) is 4.67. The van der Waals surface area contributed by atoms with Crippen LogP contribution in [0.15, 0.2) is 30.7 Å². The van der Waals surface area contributed by atoms with Gasteiger partial charge in [-0.25, -0.2) is 4.98 Å². The highest BCUT2D eigenvalue weighted by Gasteiger charge is 2.32. The first kappa shape index (κ1) is 11.8. The van der Waals surface area contributed by atoms with Gasteiger partial charge < -0.3 is 4.40 Å². The second kappa shape index (κ2) is 4.24. The third kappa shape index (κ3) is 1.78. The lowest BCUT2D eigenvalue weighted by Crippen LogP contribution is -1.95. The highest BCUT2D eigenvalue weighted by atomic mass is 32.1. The minimum Gasteiger partial charge on any atom is -0.307 e. The van der Waals surface area contributed by atoms with Gasteiger partial charge in [0.25, 0.3) is 0 Å². The van der Waals surface area contributed by atoms with Crippen LogP contribution in [0.25, 0.3) is 16.9 Å². The van der Waals surface area contributed by atoms with Crippen molar-refractivity contribution in [3.05, 3.63) is 41.2 Å². The van der Waals surface area contributed by atoms with Gasteiger partial charge in [0.15, 0.2) is 5.78 Å². The van der Waals surface area contributed by atoms with E-state index in [0.29, 0.717) is 5.92 Å². The van der Waals surface area contributed by atoms with Crippen LogP contribution < -0.4 is 0 Å². The molecule has 0 amide bonds. The molecule has 20 heavy (non-hydrogen) atoms. The zero-order valence-corrected chi connectivity index (χ0v) is 11.9. The zero-order chi connectivity index (χ0) is 13.7. The number of hydrogen-bond acceptors (Lipinski definition) is 4. The quantitative estimate of drug-likeness (QED) is 0.691. The maximum atomic E-state index is 11.8. The Morgan fingerprint density at radius 2 is 2.25 bits per heavy atom. The Morgan fingerprint density at radius 3 is 3.00 bits per heavy atom. The van der Waals surface area contributed by atoms with Crippen LogP contribution in [0.3, 0.4) is 0 Å². The number of Topliss-reactive ketones (excluding diaryl/α,β-unsaturated/α-hetero) is 1. The van der Waals surface area contributed by atoms with E-state index in [1.165, 1.54) is 11.5 Å². The fraction of sp³-hybridized carbons (Fsp3) is 0.267. The lowest BCUT2D eigenvalue weighted by atomic mass is 10.0. The molecule has 3 aromatic heterocycles. The normalized spacial score (nSPS) is 14.8. The monoisotopic (exact) mass is 283 g/mol. The lowest BCUT2D eigenvalue weighted by Gasteiger charge is -2.04. The van der Waals surface area contributed by atoms with Crippen LogP contribution in [0.2, 0.25) is 0 Å². The van der Waals surface area contributed by atoms with Gasteiger partial charge in [0, 0.05) is 36.6 Å². The summed E-state index contributed by atoms with van der Waals surface area (Å²) in [6.45, 7) is 1.63. The molecule has 0 N–H and O–H groups in total. The second-order valence-corrected chi connectivity index (χ2v) is 5.99. The predicted molar refractivity (Wildman–Crippen MR) is 78.3 cm³/mol. The molecule has 1 aliphatic carbocycles. The molecule has 0 saturated heterocycles. The smallest absolute Gasteiger partial charge is 0.171 e. The number of pyridine rings is 1. The molecule has 3 aromatic rings. The van der Waals surface area contributed by atoms with E-state index in [9.17, 15) is 4.79 Å². The van der Waals surface area contributed by atoms with Crippen molar-refractivity contribution in [2.75, 3.05) is 0 Å². The number of imidazole rings is 1. The van der Waals surface area contributed by atoms with Crippen LogP contribution in [0.5, 0.6) is 0 Å². The van der Waals surface area contributed by atoms with E-state index in [1.807, 2.05) is 28.9 Å². The van der Waals surface area contributed by atoms with E-state index in [1.54, 1.807) is 13.1 Å². The first-order chi connectivity index (χ1) is 9.74. The molecule has 1 aliphatic rings. The molecule has 0 aromatic carbocycles. The SMILES string of the molecule is CC(=O)c1snc(-c2ccn3ccnc3c2)c1C1CC1. The zero-order valence-electron chi connectivity index (χ0n) is 11.0. The van der Waals surface area contributed by atoms with Crippen LogP contribution in [0, 0.1) is 0 Å². The summed E-state index contributed by atoms with van der Waals surface area (Å²) < 4.78 is 6.51. The van der Waals surface area contributed by atoms with Crippen molar-refractivity contribution < 1.29 is 4.79 Å². The summed E-state index contributed by atoms with van der Waals surface area (Å²) in [5.41, 5.74) is 4.07. The van der Waals surface area contributed by atoms with Gasteiger partial charge in [-0.3, -0.25) is 4.79 Å². The molecule has 4 nitrogen and oxygen atoms in total. The van der Waals surface area contributed by atoms with Crippen LogP contribution >= 0.6 is 11.5 Å². The molecule has 0 radical (unpaired) electrons. The average molecular weight is 283 g/mol. The number of hydrogen-bond donors (Lipinski definition) is 0. The van der Waals surface area contributed by atoms with E-state index in [-0.39, 0.29) is 5.78 Å². The molecular weight excluding hydrogens is 270 g/mol. The number of nitrogens with zero attached hydrogens (tertiary/aromatic N) is 3. The summed E-state index contributed by atoms with van der Waals surface area (Å²) in [4.78, 5) is 16.9. The highest BCUT2D eigenvalue weighted by molar-refractivity contribution is 7.08. The predicted octanol–water partition coefficient (Wildman–Crippen LogP) is 3.54. The Hall–Kier alpha value is -2.01. The topological polar surface area (TPSA) is 47.3 Å². The first-order valence-corrected chi connectivity index (χ1v) is 7.45. The summed E-state index contributed by atoms with van der Waals surface area (Å²) in [7, 11) is 0. The summed E-state index contributed by atoms with van der Waals surface area (Å²) in [6, 6.07) is 4.07. The molecule has 0 atom stereocenters. The van der Waals surface area contributed by atoms with Crippen LogP contribution in [-0.4, -0.2) is 19.5 Å². The standard InChI is InChI=1S/C15H13N3OS/c1-9(19)15-13(10-2-3-10)14(17-20-15)11-4-6-18-7-5-16-12(18)8-11/h4-8,10H,2-3H2,1H3. The van der Waals surface area contributed by atoms with Crippen molar-refractivity contribution in [1.82, 2.24) is 13.8 Å². The Bertz CT molecular complexity index is 814. The van der Waals surface area contributed by atoms with E-state index in [4.69, 9.17) is 0 Å². The molecule has 100 valence electrons. The Kier molecular flexibility index (Phi) is 2.50. The Balaban J connectivity index is 1.90. The number of carbonyl (C=O) groups excluding carboxylic acids is 1. The van der Waals surface area contributed by atoms with Crippen molar-refractivity contribution in [2.45, 2.75) is 25.7 Å². The molecule has 0 unspecified atom stereocenters. The average Bonchev–Trinajstić information content (AvgIpc) is 3.02. The van der Waals surface area contributed by atoms with Gasteiger partial charge in [-0.05, 0) is 42.4 Å². The van der Waals surface area contributed by atoms with Crippen molar-refractivity contribution >= 4 is 23.0 Å². The van der Waals surface area contributed by atoms with Gasteiger partial charge in [-0.15, -0.1) is 0 Å². The van der Waals surface area contributed by atoms with Crippen molar-refractivity contribution in [1.29, 1.82) is 0 Å². The summed E-state index contributed by atoms with van der Waals surface area (Å²) >= 11 is 1.33. The van der Waals surface area contributed by atoms with E-state index in [2.05, 4.69) is 9.36 Å². The molecule has 0 aliphatic heterocycles. The lowest BCUT2D eigenvalue weighted by molar-refractivity contribution is 0.102. The van der Waals surface area contributed by atoms with Crippen molar-refractivity contribution in [3.8, 4) is 11.3 Å². The Labute approximate surface area is 120 Å². The first-order valence-electron chi connectivity index (χ1n) is 6.67. The molecule has 3 heterocycles. The van der Waals surface area contributed by atoms with Gasteiger partial charge in [-0.2, -0.15) is 4.37 Å². The van der Waals surface area contributed by atoms with Crippen LogP contribution in [0.1, 0.15) is 40.9 Å². The number of rotatable bonds is 3. The fourth-order valence-electron chi connectivity index (χ4n) is 2.57. The van der Waals surface area contributed by atoms with Gasteiger partial charge in [-0.1, -0.05) is 0 Å². The fourth-order valence-corrected chi connectivity index (χ4v) is 3.44. The maximum absolute atomic E-state index is 11.8. The highest BCUT2D eigenvalue weighted by Crippen LogP contribution is 2.47. The molecule has 1 saturated carbocycles. The van der Waals surface area contributed by atoms with Crippen LogP contribution in [-0.2, 0) is 0 Å². The van der Waals surface area contributed by atoms with Crippen molar-refractivity contribution in [3.63, 3.8) is 0 Å². The van der Waals surface area contributed by atoms with Gasteiger partial charge >= 0.3 is 0 Å². The van der Waals surface area contributed by atoms with Gasteiger partial charge in [0.1, 0.15) is 5.65 Å². The molecule has 4 rings (SSSR count). The molecule has 0 bridgehead atoms. The largest absolute Gasteiger partial charge is 0.307 e. The van der Waals surface area contributed by atoms with E-state index in [0.717, 1.165) is 40.2 Å². The molecule has 5 heteroatoms. The van der Waals surface area contributed by atoms with E-state index >= 15 is 0 Å². The molecule has 0 spiro atoms. The number of ketones is 1. The van der Waals surface area contributed by atoms with E-state index < -0.39 is 0 Å². The molecular formula is C15H13N3OS. The number of carbonyl (C=O) groups is 1. The minimum atomic E-state index is 0.123. The number of fused-ring (bicyclic) bond motifs is 1. The maximum Gasteiger partial charge on any atom is 0.171 e. The van der Waals surface area contributed by atoms with Gasteiger partial charge in [0.05, 0.1) is 10.6 Å². The third-order valence-electron chi connectivity index (χ3n) is 3.70. The summed E-state index contributed by atoms with van der Waals surface area (Å²) in [6.07, 6.45) is 8.02. The summed E-state index contributed by atoms with van der Waals surface area (Å²) in [5, 5.41) is 0. The van der Waals surface area contributed by atoms with Crippen molar-refractivity contribution in [2.24, 2.45) is 0 Å². The second-order valence-electron chi connectivity index (χ2n) is 5.21.